The van der Waals surface area contributed by atoms with Gasteiger partial charge in [-0.2, -0.15) is 10.4 Å². The average Bonchev–Trinajstić information content (AvgIpc) is 2.73. The number of carbonyl (C=O) groups excluding carboxylic acids is 1. The minimum absolute atomic E-state index is 0.0548. The largest absolute Gasteiger partial charge is 0.346 e. The number of fused-ring (bicyclic) bond motifs is 1. The number of hydrogen-bond donors (Lipinski definition) is 0. The van der Waals surface area contributed by atoms with Crippen molar-refractivity contribution in [1.82, 2.24) is 19.2 Å². The molecule has 19 heavy (non-hydrogen) atoms. The number of rotatable bonds is 4. The van der Waals surface area contributed by atoms with Crippen LogP contribution in [0, 0.1) is 11.3 Å². The van der Waals surface area contributed by atoms with Gasteiger partial charge in [0, 0.05) is 26.6 Å². The molecular formula is C12H17N5O2. The van der Waals surface area contributed by atoms with Crippen LogP contribution in [-0.2, 0) is 24.3 Å². The number of amides is 1. The SMILES string of the molecule is CN(CCC#N)C(=O)Cn1nc2n(c1=O)CCCC2. The summed E-state index contributed by atoms with van der Waals surface area (Å²) in [5.74, 6) is 0.566. The molecule has 2 rings (SSSR count). The second-order valence-electron chi connectivity index (χ2n) is 4.69. The Bertz CT molecular complexity index is 566. The van der Waals surface area contributed by atoms with Gasteiger partial charge in [0.2, 0.25) is 5.91 Å². The molecule has 0 saturated heterocycles. The maximum Gasteiger partial charge on any atom is 0.346 e. The highest BCUT2D eigenvalue weighted by molar-refractivity contribution is 5.75. The van der Waals surface area contributed by atoms with E-state index in [9.17, 15) is 9.59 Å². The molecule has 1 aliphatic heterocycles. The van der Waals surface area contributed by atoms with Crippen molar-refractivity contribution in [2.45, 2.75) is 38.8 Å². The summed E-state index contributed by atoms with van der Waals surface area (Å²) in [4.78, 5) is 25.4. The van der Waals surface area contributed by atoms with E-state index in [1.807, 2.05) is 6.07 Å². The molecule has 1 amide bonds. The van der Waals surface area contributed by atoms with Crippen LogP contribution in [0.2, 0.25) is 0 Å². The average molecular weight is 263 g/mol. The molecule has 0 N–H and O–H groups in total. The highest BCUT2D eigenvalue weighted by Crippen LogP contribution is 2.09. The van der Waals surface area contributed by atoms with E-state index in [4.69, 9.17) is 5.26 Å². The smallest absolute Gasteiger partial charge is 0.343 e. The number of nitrogens with zero attached hydrogens (tertiary/aromatic N) is 5. The Kier molecular flexibility index (Phi) is 4.00. The summed E-state index contributed by atoms with van der Waals surface area (Å²) in [5, 5.41) is 12.7. The number of hydrogen-bond acceptors (Lipinski definition) is 4. The number of aromatic nitrogens is 3. The van der Waals surface area contributed by atoms with Crippen molar-refractivity contribution in [3.63, 3.8) is 0 Å². The Labute approximate surface area is 111 Å². The molecule has 7 heteroatoms. The Morgan fingerprint density at radius 2 is 2.32 bits per heavy atom. The van der Waals surface area contributed by atoms with Crippen LogP contribution in [0.25, 0.3) is 0 Å². The molecule has 102 valence electrons. The fourth-order valence-electron chi connectivity index (χ4n) is 2.14. The fourth-order valence-corrected chi connectivity index (χ4v) is 2.14. The topological polar surface area (TPSA) is 83.9 Å². The standard InChI is InChI=1S/C12H17N5O2/c1-15(7-4-6-13)11(18)9-17-12(19)16-8-3-2-5-10(16)14-17/h2-5,7-9H2,1H3. The zero-order chi connectivity index (χ0) is 13.8. The third-order valence-corrected chi connectivity index (χ3v) is 3.30. The summed E-state index contributed by atoms with van der Waals surface area (Å²) in [5.41, 5.74) is -0.211. The number of carbonyl (C=O) groups is 1. The molecular weight excluding hydrogens is 246 g/mol. The van der Waals surface area contributed by atoms with E-state index in [1.165, 1.54) is 9.58 Å². The number of likely N-dealkylation sites (N-methyl/N-ethyl adjacent to an activating group) is 1. The third-order valence-electron chi connectivity index (χ3n) is 3.30. The first-order valence-electron chi connectivity index (χ1n) is 6.41. The third kappa shape index (κ3) is 2.84. The Balaban J connectivity index is 2.07. The second kappa shape index (κ2) is 5.69. The predicted octanol–water partition coefficient (Wildman–Crippen LogP) is -0.247. The van der Waals surface area contributed by atoms with E-state index in [1.54, 1.807) is 11.6 Å². The van der Waals surface area contributed by atoms with Crippen molar-refractivity contribution in [2.24, 2.45) is 0 Å². The maximum absolute atomic E-state index is 12.0. The predicted molar refractivity (Wildman–Crippen MR) is 67.3 cm³/mol. The van der Waals surface area contributed by atoms with Gasteiger partial charge in [0.05, 0.1) is 12.5 Å². The summed E-state index contributed by atoms with van der Waals surface area (Å²) < 4.78 is 2.87. The molecule has 0 saturated carbocycles. The fraction of sp³-hybridized carbons (Fsp3) is 0.667. The Morgan fingerprint density at radius 1 is 1.53 bits per heavy atom. The number of aryl methyl sites for hydroxylation is 1. The molecule has 1 aliphatic rings. The van der Waals surface area contributed by atoms with E-state index >= 15 is 0 Å². The highest BCUT2D eigenvalue weighted by Gasteiger charge is 2.19. The van der Waals surface area contributed by atoms with E-state index < -0.39 is 0 Å². The van der Waals surface area contributed by atoms with E-state index in [0.29, 0.717) is 13.1 Å². The monoisotopic (exact) mass is 263 g/mol. The second-order valence-corrected chi connectivity index (χ2v) is 4.69. The van der Waals surface area contributed by atoms with Gasteiger partial charge in [0.1, 0.15) is 12.4 Å². The Morgan fingerprint density at radius 3 is 3.00 bits per heavy atom. The van der Waals surface area contributed by atoms with Crippen LogP contribution in [0.1, 0.15) is 25.1 Å². The molecule has 0 spiro atoms. The lowest BCUT2D eigenvalue weighted by molar-refractivity contribution is -0.130. The van der Waals surface area contributed by atoms with Gasteiger partial charge in [-0.15, -0.1) is 0 Å². The molecule has 2 heterocycles. The first-order chi connectivity index (χ1) is 9.13. The molecule has 0 radical (unpaired) electrons. The molecule has 1 aromatic heterocycles. The quantitative estimate of drug-likeness (QED) is 0.750. The summed E-state index contributed by atoms with van der Waals surface area (Å²) in [6.07, 6.45) is 3.10. The molecule has 0 unspecified atom stereocenters. The van der Waals surface area contributed by atoms with Gasteiger partial charge in [-0.1, -0.05) is 0 Å². The van der Waals surface area contributed by atoms with Gasteiger partial charge in [0.15, 0.2) is 0 Å². The van der Waals surface area contributed by atoms with Crippen molar-refractivity contribution in [1.29, 1.82) is 5.26 Å². The van der Waals surface area contributed by atoms with E-state index in [2.05, 4.69) is 5.10 Å². The zero-order valence-corrected chi connectivity index (χ0v) is 11.0. The van der Waals surface area contributed by atoms with Gasteiger partial charge in [-0.25, -0.2) is 9.48 Å². The molecule has 7 nitrogen and oxygen atoms in total. The summed E-state index contributed by atoms with van der Waals surface area (Å²) >= 11 is 0. The normalized spacial score (nSPS) is 13.7. The van der Waals surface area contributed by atoms with Crippen molar-refractivity contribution < 1.29 is 4.79 Å². The zero-order valence-electron chi connectivity index (χ0n) is 11.0. The van der Waals surface area contributed by atoms with Crippen LogP contribution < -0.4 is 5.69 Å². The van der Waals surface area contributed by atoms with Crippen molar-refractivity contribution >= 4 is 5.91 Å². The summed E-state index contributed by atoms with van der Waals surface area (Å²) in [6.45, 7) is 1.01. The van der Waals surface area contributed by atoms with Crippen molar-refractivity contribution in [3.8, 4) is 6.07 Å². The van der Waals surface area contributed by atoms with Crippen LogP contribution in [0.4, 0.5) is 0 Å². The van der Waals surface area contributed by atoms with Crippen LogP contribution in [0.5, 0.6) is 0 Å². The molecule has 1 aromatic rings. The van der Waals surface area contributed by atoms with Gasteiger partial charge >= 0.3 is 5.69 Å². The van der Waals surface area contributed by atoms with Gasteiger partial charge in [0.25, 0.3) is 0 Å². The molecule has 0 fully saturated rings. The lowest BCUT2D eigenvalue weighted by atomic mass is 10.2. The summed E-state index contributed by atoms with van der Waals surface area (Å²) in [7, 11) is 1.63. The minimum Gasteiger partial charge on any atom is -0.343 e. The highest BCUT2D eigenvalue weighted by atomic mass is 16.2. The molecule has 0 aromatic carbocycles. The van der Waals surface area contributed by atoms with Crippen molar-refractivity contribution in [3.05, 3.63) is 16.3 Å². The van der Waals surface area contributed by atoms with Gasteiger partial charge in [-0.3, -0.25) is 9.36 Å². The lowest BCUT2D eigenvalue weighted by Gasteiger charge is -2.14. The van der Waals surface area contributed by atoms with Crippen LogP contribution >= 0.6 is 0 Å². The van der Waals surface area contributed by atoms with Crippen LogP contribution in [0.15, 0.2) is 4.79 Å². The van der Waals surface area contributed by atoms with Gasteiger partial charge in [-0.05, 0) is 12.8 Å². The van der Waals surface area contributed by atoms with Gasteiger partial charge < -0.3 is 4.90 Å². The van der Waals surface area contributed by atoms with Crippen LogP contribution in [0.3, 0.4) is 0 Å². The maximum atomic E-state index is 12.0. The van der Waals surface area contributed by atoms with Crippen molar-refractivity contribution in [2.75, 3.05) is 13.6 Å². The number of nitriles is 1. The molecule has 0 aliphatic carbocycles. The Hall–Kier alpha value is -2.10. The first kappa shape index (κ1) is 13.3. The molecule has 0 atom stereocenters. The minimum atomic E-state index is -0.211. The van der Waals surface area contributed by atoms with E-state index in [0.717, 1.165) is 25.1 Å². The van der Waals surface area contributed by atoms with Crippen LogP contribution in [-0.4, -0.2) is 38.7 Å². The molecule has 0 bridgehead atoms. The van der Waals surface area contributed by atoms with E-state index in [-0.39, 0.29) is 24.6 Å². The lowest BCUT2D eigenvalue weighted by Crippen LogP contribution is -2.35. The summed E-state index contributed by atoms with van der Waals surface area (Å²) in [6, 6.07) is 1.99. The first-order valence-corrected chi connectivity index (χ1v) is 6.41.